The fourth-order valence-electron chi connectivity index (χ4n) is 0.270. The molecule has 0 aliphatic carbocycles. The van der Waals surface area contributed by atoms with Crippen LogP contribution in [0.5, 0.6) is 0 Å². The van der Waals surface area contributed by atoms with Gasteiger partial charge in [-0.25, -0.2) is 0 Å². The zero-order valence-corrected chi connectivity index (χ0v) is 4.36. The molecule has 0 fully saturated rings. The van der Waals surface area contributed by atoms with Crippen LogP contribution >= 0.6 is 0 Å². The minimum absolute atomic E-state index is 0.944. The van der Waals surface area contributed by atoms with E-state index in [1.165, 1.54) is 0 Å². The Labute approximate surface area is 38.5 Å². The lowest BCUT2D eigenvalue weighted by atomic mass is 10.8. The molecule has 0 bridgehead atoms. The minimum atomic E-state index is 0.944. The molecular formula is C4H11N2+. The first-order valence-electron chi connectivity index (χ1n) is 2.05. The van der Waals surface area contributed by atoms with Crippen molar-refractivity contribution in [3.8, 4) is 0 Å². The predicted molar refractivity (Wildman–Crippen MR) is 27.0 cm³/mol. The van der Waals surface area contributed by atoms with Crippen LogP contribution in [0.3, 0.4) is 0 Å². The van der Waals surface area contributed by atoms with Gasteiger partial charge in [0.05, 0.1) is 6.54 Å². The number of hydrazine groups is 1. The largest absolute Gasteiger partial charge is 0.199 e. The van der Waals surface area contributed by atoms with Crippen molar-refractivity contribution in [1.82, 2.24) is 5.43 Å². The molecule has 2 nitrogen and oxygen atoms in total. The quantitative estimate of drug-likeness (QED) is 0.281. The van der Waals surface area contributed by atoms with Gasteiger partial charge in [0.1, 0.15) is 0 Å². The van der Waals surface area contributed by atoms with Crippen molar-refractivity contribution in [2.45, 2.75) is 6.92 Å². The Balaban J connectivity index is 2.83. The highest BCUT2D eigenvalue weighted by molar-refractivity contribution is 5.13. The van der Waals surface area contributed by atoms with Gasteiger partial charge in [-0.1, -0.05) is 0 Å². The van der Waals surface area contributed by atoms with Gasteiger partial charge in [-0.3, -0.25) is 0 Å². The maximum absolute atomic E-state index is 3.55. The van der Waals surface area contributed by atoms with Gasteiger partial charge in [-0.15, -0.1) is 4.68 Å². The second kappa shape index (κ2) is 2.69. The summed E-state index contributed by atoms with van der Waals surface area (Å²) in [5.41, 5.74) is 2.93. The van der Waals surface area contributed by atoms with Crippen LogP contribution in [0.4, 0.5) is 0 Å². The summed E-state index contributed by atoms with van der Waals surface area (Å²) >= 11 is 0. The molecule has 0 aliphatic rings. The molecule has 36 valence electrons. The molecular weight excluding hydrogens is 76.1 g/mol. The van der Waals surface area contributed by atoms with Gasteiger partial charge in [-0.2, -0.15) is 5.43 Å². The molecule has 0 aliphatic heterocycles. The van der Waals surface area contributed by atoms with Crippen molar-refractivity contribution in [3.05, 3.63) is 0 Å². The van der Waals surface area contributed by atoms with Crippen molar-refractivity contribution in [3.63, 3.8) is 0 Å². The summed E-state index contributed by atoms with van der Waals surface area (Å²) < 4.78 is 1.68. The number of hydrogen-bond acceptors (Lipinski definition) is 1. The van der Waals surface area contributed by atoms with Gasteiger partial charge in [0.2, 0.25) is 0 Å². The number of nitrogens with zero attached hydrogens (tertiary/aromatic N) is 1. The van der Waals surface area contributed by atoms with E-state index in [9.17, 15) is 0 Å². The maximum Gasteiger partial charge on any atom is 0.160 e. The van der Waals surface area contributed by atoms with Crippen LogP contribution in [0.25, 0.3) is 0 Å². The SMILES string of the molecule is C=[N+](C)NCC. The Bertz CT molecular complexity index is 49.5. The van der Waals surface area contributed by atoms with Gasteiger partial charge < -0.3 is 0 Å². The zero-order chi connectivity index (χ0) is 4.99. The first-order chi connectivity index (χ1) is 2.77. The third-order valence-electron chi connectivity index (χ3n) is 0.428. The molecule has 0 spiro atoms. The monoisotopic (exact) mass is 87.1 g/mol. The fraction of sp³-hybridized carbons (Fsp3) is 0.750. The van der Waals surface area contributed by atoms with Crippen molar-refractivity contribution in [2.75, 3.05) is 13.6 Å². The number of hydrogen-bond donors (Lipinski definition) is 1. The summed E-state index contributed by atoms with van der Waals surface area (Å²) in [6.07, 6.45) is 0. The van der Waals surface area contributed by atoms with E-state index in [4.69, 9.17) is 0 Å². The molecule has 6 heavy (non-hydrogen) atoms. The fourth-order valence-corrected chi connectivity index (χ4v) is 0.270. The topological polar surface area (TPSA) is 15.0 Å². The van der Waals surface area contributed by atoms with Gasteiger partial charge >= 0.3 is 0 Å². The summed E-state index contributed by atoms with van der Waals surface area (Å²) in [5, 5.41) is 0. The molecule has 0 amide bonds. The first-order valence-corrected chi connectivity index (χ1v) is 2.05. The normalized spacial score (nSPS) is 7.67. The summed E-state index contributed by atoms with van der Waals surface area (Å²) in [7, 11) is 1.86. The van der Waals surface area contributed by atoms with Crippen LogP contribution in [-0.4, -0.2) is 25.0 Å². The van der Waals surface area contributed by atoms with Crippen LogP contribution < -0.4 is 5.43 Å². The molecule has 0 aromatic heterocycles. The van der Waals surface area contributed by atoms with Crippen molar-refractivity contribution in [1.29, 1.82) is 0 Å². The lowest BCUT2D eigenvalue weighted by Crippen LogP contribution is -2.22. The van der Waals surface area contributed by atoms with Crippen molar-refractivity contribution < 1.29 is 4.68 Å². The summed E-state index contributed by atoms with van der Waals surface area (Å²) in [6.45, 7) is 6.52. The highest BCUT2D eigenvalue weighted by atomic mass is 15.4. The van der Waals surface area contributed by atoms with E-state index >= 15 is 0 Å². The molecule has 0 saturated carbocycles. The minimum Gasteiger partial charge on any atom is -0.199 e. The van der Waals surface area contributed by atoms with Crippen LogP contribution in [0.2, 0.25) is 0 Å². The average Bonchev–Trinajstić information content (AvgIpc) is 1.35. The van der Waals surface area contributed by atoms with Crippen LogP contribution in [0.15, 0.2) is 0 Å². The van der Waals surface area contributed by atoms with Gasteiger partial charge in [0.25, 0.3) is 0 Å². The number of nitrogens with one attached hydrogen (secondary N) is 1. The second-order valence-corrected chi connectivity index (χ2v) is 1.21. The Morgan fingerprint density at radius 3 is 2.33 bits per heavy atom. The molecule has 0 radical (unpaired) electrons. The van der Waals surface area contributed by atoms with Crippen molar-refractivity contribution >= 4 is 6.72 Å². The maximum atomic E-state index is 3.55. The number of hydrazone groups is 1. The molecule has 0 unspecified atom stereocenters. The molecule has 0 aromatic rings. The van der Waals surface area contributed by atoms with E-state index in [-0.39, 0.29) is 0 Å². The standard InChI is InChI=1S/C4H11N2/c1-4-5-6(2)3/h5H,2,4H2,1,3H3/q+1. The molecule has 0 saturated heterocycles. The number of rotatable bonds is 2. The smallest absolute Gasteiger partial charge is 0.160 e. The van der Waals surface area contributed by atoms with Crippen LogP contribution in [0, 0.1) is 0 Å². The molecule has 0 heterocycles. The van der Waals surface area contributed by atoms with Gasteiger partial charge in [-0.05, 0) is 6.92 Å². The van der Waals surface area contributed by atoms with Crippen LogP contribution in [-0.2, 0) is 0 Å². The van der Waals surface area contributed by atoms with E-state index in [0.29, 0.717) is 0 Å². The average molecular weight is 87.1 g/mol. The third-order valence-corrected chi connectivity index (χ3v) is 0.428. The Kier molecular flexibility index (Phi) is 2.46. The van der Waals surface area contributed by atoms with Crippen molar-refractivity contribution in [2.24, 2.45) is 0 Å². The highest BCUT2D eigenvalue weighted by Gasteiger charge is 1.75. The van der Waals surface area contributed by atoms with E-state index < -0.39 is 0 Å². The predicted octanol–water partition coefficient (Wildman–Crippen LogP) is -0.146. The van der Waals surface area contributed by atoms with Gasteiger partial charge in [0, 0.05) is 0 Å². The summed E-state index contributed by atoms with van der Waals surface area (Å²) in [4.78, 5) is 0. The Morgan fingerprint density at radius 1 is 1.83 bits per heavy atom. The molecule has 1 N–H and O–H groups in total. The van der Waals surface area contributed by atoms with E-state index in [1.807, 2.05) is 14.0 Å². The summed E-state index contributed by atoms with van der Waals surface area (Å²) in [5.74, 6) is 0. The van der Waals surface area contributed by atoms with E-state index in [0.717, 1.165) is 6.54 Å². The third kappa shape index (κ3) is 3.47. The first kappa shape index (κ1) is 5.47. The lowest BCUT2D eigenvalue weighted by molar-refractivity contribution is -0.551. The van der Waals surface area contributed by atoms with Crippen LogP contribution in [0.1, 0.15) is 6.92 Å². The molecule has 2 heteroatoms. The second-order valence-electron chi connectivity index (χ2n) is 1.21. The zero-order valence-electron chi connectivity index (χ0n) is 4.36. The Hall–Kier alpha value is -0.530. The Morgan fingerprint density at radius 2 is 2.33 bits per heavy atom. The molecule has 0 aromatic carbocycles. The highest BCUT2D eigenvalue weighted by Crippen LogP contribution is 1.47. The van der Waals surface area contributed by atoms with Gasteiger partial charge in [0.15, 0.2) is 13.8 Å². The molecule has 0 rings (SSSR count). The summed E-state index contributed by atoms with van der Waals surface area (Å²) in [6, 6.07) is 0. The lowest BCUT2D eigenvalue weighted by Gasteiger charge is -1.89. The van der Waals surface area contributed by atoms with E-state index in [1.54, 1.807) is 4.68 Å². The molecule has 0 atom stereocenters. The van der Waals surface area contributed by atoms with E-state index in [2.05, 4.69) is 12.1 Å².